The van der Waals surface area contributed by atoms with Crippen molar-refractivity contribution in [3.8, 4) is 11.5 Å². The number of amides is 2. The Morgan fingerprint density at radius 3 is 2.50 bits per heavy atom. The molecule has 0 radical (unpaired) electrons. The van der Waals surface area contributed by atoms with Crippen LogP contribution in [-0.4, -0.2) is 43.0 Å². The molecule has 1 saturated heterocycles. The predicted molar refractivity (Wildman–Crippen MR) is 118 cm³/mol. The van der Waals surface area contributed by atoms with Crippen LogP contribution in [0.3, 0.4) is 0 Å². The molecule has 0 atom stereocenters. The van der Waals surface area contributed by atoms with E-state index in [9.17, 15) is 9.59 Å². The number of rotatable bonds is 7. The molecule has 0 unspecified atom stereocenters. The molecule has 8 heteroatoms. The van der Waals surface area contributed by atoms with Gasteiger partial charge < -0.3 is 19.7 Å². The third kappa shape index (κ3) is 5.80. The molecule has 6 nitrogen and oxygen atoms in total. The van der Waals surface area contributed by atoms with Crippen LogP contribution in [0.5, 0.6) is 11.5 Å². The van der Waals surface area contributed by atoms with E-state index in [0.29, 0.717) is 39.4 Å². The van der Waals surface area contributed by atoms with Crippen LogP contribution in [0.1, 0.15) is 36.5 Å². The summed E-state index contributed by atoms with van der Waals surface area (Å²) in [6.07, 6.45) is 3.20. The van der Waals surface area contributed by atoms with E-state index in [1.54, 1.807) is 36.4 Å². The molecule has 1 fully saturated rings. The fraction of sp³-hybridized carbons (Fsp3) is 0.364. The molecule has 1 aliphatic rings. The molecule has 2 aromatic rings. The number of carbonyl (C=O) groups is 2. The summed E-state index contributed by atoms with van der Waals surface area (Å²) in [5.41, 5.74) is 0.781. The fourth-order valence-corrected chi connectivity index (χ4v) is 3.54. The van der Waals surface area contributed by atoms with Crippen molar-refractivity contribution in [2.45, 2.75) is 26.2 Å². The van der Waals surface area contributed by atoms with Gasteiger partial charge >= 0.3 is 0 Å². The predicted octanol–water partition coefficient (Wildman–Crippen LogP) is 5.04. The summed E-state index contributed by atoms with van der Waals surface area (Å²) < 4.78 is 11.3. The highest BCUT2D eigenvalue weighted by Gasteiger charge is 2.18. The maximum absolute atomic E-state index is 12.6. The highest BCUT2D eigenvalue weighted by Crippen LogP contribution is 2.30. The highest BCUT2D eigenvalue weighted by molar-refractivity contribution is 6.35. The molecule has 3 rings (SSSR count). The average Bonchev–Trinajstić information content (AvgIpc) is 2.76. The van der Waals surface area contributed by atoms with Crippen molar-refractivity contribution in [3.63, 3.8) is 0 Å². The normalized spacial score (nSPS) is 13.6. The molecular formula is C22H24Cl2N2O4. The molecule has 0 spiro atoms. The number of halogens is 2. The van der Waals surface area contributed by atoms with E-state index in [-0.39, 0.29) is 18.4 Å². The summed E-state index contributed by atoms with van der Waals surface area (Å²) in [7, 11) is 0. The Labute approximate surface area is 186 Å². The first kappa shape index (κ1) is 22.2. The second-order valence-corrected chi connectivity index (χ2v) is 7.75. The quantitative estimate of drug-likeness (QED) is 0.641. The largest absolute Gasteiger partial charge is 0.490 e. The Hall–Kier alpha value is -2.44. The van der Waals surface area contributed by atoms with E-state index in [1.165, 1.54) is 0 Å². The van der Waals surface area contributed by atoms with E-state index in [1.807, 2.05) is 11.8 Å². The van der Waals surface area contributed by atoms with Crippen LogP contribution in [0.25, 0.3) is 0 Å². The minimum Gasteiger partial charge on any atom is -0.490 e. The molecule has 30 heavy (non-hydrogen) atoms. The molecule has 0 aromatic heterocycles. The lowest BCUT2D eigenvalue weighted by Crippen LogP contribution is -2.38. The van der Waals surface area contributed by atoms with Crippen molar-refractivity contribution in [2.75, 3.05) is 31.6 Å². The Morgan fingerprint density at radius 2 is 1.77 bits per heavy atom. The van der Waals surface area contributed by atoms with Crippen LogP contribution >= 0.6 is 23.2 Å². The second kappa shape index (κ2) is 10.5. The Morgan fingerprint density at radius 1 is 1.00 bits per heavy atom. The molecule has 2 aromatic carbocycles. The van der Waals surface area contributed by atoms with Crippen LogP contribution in [0.4, 0.5) is 5.69 Å². The number of hydrogen-bond donors (Lipinski definition) is 1. The minimum atomic E-state index is -0.365. The molecule has 0 aliphatic carbocycles. The molecular weight excluding hydrogens is 427 g/mol. The number of likely N-dealkylation sites (tertiary alicyclic amines) is 1. The van der Waals surface area contributed by atoms with E-state index in [4.69, 9.17) is 32.7 Å². The number of nitrogens with one attached hydrogen (secondary N) is 1. The van der Waals surface area contributed by atoms with Gasteiger partial charge in [-0.1, -0.05) is 23.2 Å². The number of nitrogens with zero attached hydrogens (tertiary/aromatic N) is 1. The first-order valence-corrected chi connectivity index (χ1v) is 10.7. The molecule has 0 bridgehead atoms. The smallest absolute Gasteiger partial charge is 0.260 e. The Bertz CT molecular complexity index is 914. The number of anilines is 1. The van der Waals surface area contributed by atoms with Gasteiger partial charge in [0.25, 0.3) is 11.8 Å². The van der Waals surface area contributed by atoms with Crippen LogP contribution in [0.15, 0.2) is 36.4 Å². The van der Waals surface area contributed by atoms with Gasteiger partial charge in [-0.05, 0) is 62.6 Å². The lowest BCUT2D eigenvalue weighted by molar-refractivity contribution is -0.134. The van der Waals surface area contributed by atoms with Gasteiger partial charge in [-0.2, -0.15) is 0 Å². The lowest BCUT2D eigenvalue weighted by Gasteiger charge is -2.26. The van der Waals surface area contributed by atoms with Gasteiger partial charge in [0.05, 0.1) is 17.3 Å². The number of carbonyl (C=O) groups excluding carboxylic acids is 2. The van der Waals surface area contributed by atoms with Gasteiger partial charge in [0.15, 0.2) is 18.1 Å². The summed E-state index contributed by atoms with van der Waals surface area (Å²) in [6, 6.07) is 9.65. The zero-order valence-corrected chi connectivity index (χ0v) is 18.3. The van der Waals surface area contributed by atoms with E-state index >= 15 is 0 Å². The van der Waals surface area contributed by atoms with Crippen molar-refractivity contribution >= 4 is 40.7 Å². The Kier molecular flexibility index (Phi) is 7.82. The zero-order valence-electron chi connectivity index (χ0n) is 16.7. The highest BCUT2D eigenvalue weighted by atomic mass is 35.5. The fourth-order valence-electron chi connectivity index (χ4n) is 3.20. The van der Waals surface area contributed by atoms with Crippen LogP contribution in [0.2, 0.25) is 10.0 Å². The number of ether oxygens (including phenoxy) is 2. The van der Waals surface area contributed by atoms with E-state index in [0.717, 1.165) is 32.4 Å². The number of piperidine rings is 1. The summed E-state index contributed by atoms with van der Waals surface area (Å²) in [5.74, 6) is 0.402. The molecule has 1 aliphatic heterocycles. The van der Waals surface area contributed by atoms with Crippen molar-refractivity contribution in [2.24, 2.45) is 0 Å². The molecule has 1 heterocycles. The zero-order chi connectivity index (χ0) is 21.5. The van der Waals surface area contributed by atoms with Crippen molar-refractivity contribution in [3.05, 3.63) is 52.0 Å². The summed E-state index contributed by atoms with van der Waals surface area (Å²) >= 11 is 12.1. The van der Waals surface area contributed by atoms with Gasteiger partial charge in [-0.15, -0.1) is 0 Å². The maximum atomic E-state index is 12.6. The van der Waals surface area contributed by atoms with Gasteiger partial charge in [0.2, 0.25) is 0 Å². The summed E-state index contributed by atoms with van der Waals surface area (Å²) in [6.45, 7) is 3.70. The van der Waals surface area contributed by atoms with Crippen LogP contribution < -0.4 is 14.8 Å². The summed E-state index contributed by atoms with van der Waals surface area (Å²) in [4.78, 5) is 26.8. The third-order valence-corrected chi connectivity index (χ3v) is 5.31. The van der Waals surface area contributed by atoms with Crippen molar-refractivity contribution in [1.82, 2.24) is 4.90 Å². The number of hydrogen-bond acceptors (Lipinski definition) is 4. The molecule has 1 N–H and O–H groups in total. The van der Waals surface area contributed by atoms with Gasteiger partial charge in [0.1, 0.15) is 0 Å². The maximum Gasteiger partial charge on any atom is 0.260 e. The van der Waals surface area contributed by atoms with E-state index in [2.05, 4.69) is 5.32 Å². The van der Waals surface area contributed by atoms with E-state index < -0.39 is 0 Å². The minimum absolute atomic E-state index is 0.0467. The standard InChI is InChI=1S/C22H24Cl2N2O4/c1-2-29-20-12-15(22(28)25-18-13-16(23)7-8-17(18)24)6-9-19(20)30-14-21(27)26-10-4-3-5-11-26/h6-9,12-13H,2-5,10-11,14H2,1H3,(H,25,28). The molecule has 0 saturated carbocycles. The lowest BCUT2D eigenvalue weighted by atomic mass is 10.1. The first-order chi connectivity index (χ1) is 14.5. The van der Waals surface area contributed by atoms with Crippen LogP contribution in [-0.2, 0) is 4.79 Å². The number of benzene rings is 2. The SMILES string of the molecule is CCOc1cc(C(=O)Nc2cc(Cl)ccc2Cl)ccc1OCC(=O)N1CCCCC1. The second-order valence-electron chi connectivity index (χ2n) is 6.90. The summed E-state index contributed by atoms with van der Waals surface area (Å²) in [5, 5.41) is 3.58. The molecule has 160 valence electrons. The topological polar surface area (TPSA) is 67.9 Å². The third-order valence-electron chi connectivity index (χ3n) is 4.74. The van der Waals surface area contributed by atoms with Gasteiger partial charge in [0, 0.05) is 23.7 Å². The van der Waals surface area contributed by atoms with Gasteiger partial charge in [-0.3, -0.25) is 9.59 Å². The Balaban J connectivity index is 1.70. The monoisotopic (exact) mass is 450 g/mol. The van der Waals surface area contributed by atoms with Crippen LogP contribution in [0, 0.1) is 0 Å². The van der Waals surface area contributed by atoms with Crippen molar-refractivity contribution < 1.29 is 19.1 Å². The van der Waals surface area contributed by atoms with Crippen molar-refractivity contribution in [1.29, 1.82) is 0 Å². The molecule has 2 amide bonds. The first-order valence-electron chi connectivity index (χ1n) is 9.91. The average molecular weight is 451 g/mol. The van der Waals surface area contributed by atoms with Gasteiger partial charge in [-0.25, -0.2) is 0 Å².